The normalized spacial score (nSPS) is 11.7. The maximum atomic E-state index is 13.0. The Balaban J connectivity index is 1.62. The van der Waals surface area contributed by atoms with Crippen LogP contribution in [0.25, 0.3) is 21.7 Å². The Bertz CT molecular complexity index is 1370. The molecule has 0 saturated heterocycles. The van der Waals surface area contributed by atoms with Gasteiger partial charge in [0, 0.05) is 27.7 Å². The molecular formula is C24H25N3O3S. The molecule has 1 amide bonds. The number of anilines is 2. The van der Waals surface area contributed by atoms with Crippen molar-refractivity contribution in [3.63, 3.8) is 0 Å². The number of hydrogen-bond donors (Lipinski definition) is 3. The molecule has 1 heterocycles. The lowest BCUT2D eigenvalue weighted by Gasteiger charge is -2.08. The molecule has 160 valence electrons. The van der Waals surface area contributed by atoms with Gasteiger partial charge in [0.05, 0.1) is 5.75 Å². The van der Waals surface area contributed by atoms with E-state index in [4.69, 9.17) is 0 Å². The number of benzene rings is 3. The number of amides is 1. The Morgan fingerprint density at radius 2 is 1.77 bits per heavy atom. The number of nitrogens with one attached hydrogen (secondary N) is 3. The molecule has 0 saturated carbocycles. The summed E-state index contributed by atoms with van der Waals surface area (Å²) in [4.78, 5) is 16.2. The summed E-state index contributed by atoms with van der Waals surface area (Å²) in [6, 6.07) is 18.9. The predicted molar refractivity (Wildman–Crippen MR) is 127 cm³/mol. The molecular weight excluding hydrogens is 410 g/mol. The fraction of sp³-hybridized carbons (Fsp3) is 0.208. The van der Waals surface area contributed by atoms with E-state index in [-0.39, 0.29) is 11.7 Å². The van der Waals surface area contributed by atoms with Gasteiger partial charge in [-0.2, -0.15) is 0 Å². The van der Waals surface area contributed by atoms with E-state index in [1.807, 2.05) is 56.3 Å². The van der Waals surface area contributed by atoms with Crippen LogP contribution in [-0.4, -0.2) is 25.1 Å². The predicted octanol–water partition coefficient (Wildman–Crippen LogP) is 5.42. The molecule has 3 N–H and O–H groups in total. The third-order valence-corrected chi connectivity index (χ3v) is 6.74. The molecule has 0 fully saturated rings. The molecule has 0 atom stereocenters. The molecule has 0 bridgehead atoms. The zero-order valence-corrected chi connectivity index (χ0v) is 18.3. The Kier molecular flexibility index (Phi) is 5.69. The lowest BCUT2D eigenvalue weighted by atomic mass is 10.1. The number of fused-ring (bicyclic) bond motifs is 2. The Morgan fingerprint density at radius 1 is 1.00 bits per heavy atom. The van der Waals surface area contributed by atoms with Gasteiger partial charge in [-0.3, -0.25) is 9.52 Å². The monoisotopic (exact) mass is 435 g/mol. The van der Waals surface area contributed by atoms with Gasteiger partial charge in [-0.15, -0.1) is 0 Å². The van der Waals surface area contributed by atoms with Gasteiger partial charge >= 0.3 is 0 Å². The summed E-state index contributed by atoms with van der Waals surface area (Å²) in [7, 11) is -3.39. The number of aromatic nitrogens is 1. The summed E-state index contributed by atoms with van der Waals surface area (Å²) in [6.07, 6.45) is 1.42. The van der Waals surface area contributed by atoms with E-state index in [1.165, 1.54) is 0 Å². The smallest absolute Gasteiger partial charge is 0.272 e. The quantitative estimate of drug-likeness (QED) is 0.362. The standard InChI is InChI=1S/C24H25N3O3S/c1-3-4-14-31(29,30)27-18-12-13-22-20(15-18)16(2)23(25-22)24(28)26-21-11-7-9-17-8-5-6-10-19(17)21/h5-13,15,25,27H,3-4,14H2,1-2H3,(H,26,28). The van der Waals surface area contributed by atoms with Gasteiger partial charge in [0.25, 0.3) is 5.91 Å². The van der Waals surface area contributed by atoms with Crippen LogP contribution in [-0.2, 0) is 10.0 Å². The molecule has 7 heteroatoms. The zero-order valence-electron chi connectivity index (χ0n) is 17.5. The van der Waals surface area contributed by atoms with Crippen LogP contribution in [0.3, 0.4) is 0 Å². The topological polar surface area (TPSA) is 91.1 Å². The highest BCUT2D eigenvalue weighted by atomic mass is 32.2. The number of H-pyrrole nitrogens is 1. The minimum Gasteiger partial charge on any atom is -0.350 e. The van der Waals surface area contributed by atoms with E-state index in [0.717, 1.165) is 39.3 Å². The first-order chi connectivity index (χ1) is 14.9. The first kappa shape index (κ1) is 20.9. The van der Waals surface area contributed by atoms with Crippen LogP contribution >= 0.6 is 0 Å². The van der Waals surface area contributed by atoms with Gasteiger partial charge in [0.1, 0.15) is 5.69 Å². The first-order valence-electron chi connectivity index (χ1n) is 10.3. The van der Waals surface area contributed by atoms with E-state index in [9.17, 15) is 13.2 Å². The third-order valence-electron chi connectivity index (χ3n) is 5.36. The lowest BCUT2D eigenvalue weighted by Crippen LogP contribution is -2.16. The average molecular weight is 436 g/mol. The third kappa shape index (κ3) is 4.41. The van der Waals surface area contributed by atoms with Crippen molar-refractivity contribution in [3.05, 3.63) is 71.9 Å². The molecule has 0 unspecified atom stereocenters. The van der Waals surface area contributed by atoms with E-state index in [1.54, 1.807) is 18.2 Å². The van der Waals surface area contributed by atoms with Crippen molar-refractivity contribution >= 4 is 49.0 Å². The van der Waals surface area contributed by atoms with E-state index in [0.29, 0.717) is 17.8 Å². The van der Waals surface area contributed by atoms with Crippen molar-refractivity contribution in [1.29, 1.82) is 0 Å². The fourth-order valence-corrected chi connectivity index (χ4v) is 4.96. The number of sulfonamides is 1. The second-order valence-corrected chi connectivity index (χ2v) is 9.48. The van der Waals surface area contributed by atoms with Gasteiger partial charge in [-0.25, -0.2) is 8.42 Å². The van der Waals surface area contributed by atoms with Crippen LogP contribution in [0.15, 0.2) is 60.7 Å². The Hall–Kier alpha value is -3.32. The minimum atomic E-state index is -3.39. The summed E-state index contributed by atoms with van der Waals surface area (Å²) in [5.74, 6) is -0.151. The van der Waals surface area contributed by atoms with Crippen LogP contribution in [0.4, 0.5) is 11.4 Å². The number of aryl methyl sites for hydroxylation is 1. The van der Waals surface area contributed by atoms with E-state index in [2.05, 4.69) is 15.0 Å². The molecule has 0 spiro atoms. The summed E-state index contributed by atoms with van der Waals surface area (Å²) in [5, 5.41) is 5.82. The maximum Gasteiger partial charge on any atom is 0.272 e. The maximum absolute atomic E-state index is 13.0. The van der Waals surface area contributed by atoms with Gasteiger partial charge in [-0.1, -0.05) is 49.7 Å². The minimum absolute atomic E-state index is 0.0896. The second kappa shape index (κ2) is 8.43. The highest BCUT2D eigenvalue weighted by molar-refractivity contribution is 7.92. The summed E-state index contributed by atoms with van der Waals surface area (Å²) >= 11 is 0. The van der Waals surface area contributed by atoms with Crippen LogP contribution in [0.2, 0.25) is 0 Å². The second-order valence-electron chi connectivity index (χ2n) is 7.64. The fourth-order valence-electron chi connectivity index (χ4n) is 3.70. The SMILES string of the molecule is CCCCS(=O)(=O)Nc1ccc2[nH]c(C(=O)Nc3cccc4ccccc34)c(C)c2c1. The molecule has 4 rings (SSSR count). The highest BCUT2D eigenvalue weighted by Crippen LogP contribution is 2.28. The first-order valence-corrected chi connectivity index (χ1v) is 11.9. The number of carbonyl (C=O) groups excluding carboxylic acids is 1. The molecule has 6 nitrogen and oxygen atoms in total. The van der Waals surface area contributed by atoms with Gasteiger partial charge in [0.2, 0.25) is 10.0 Å². The van der Waals surface area contributed by atoms with Crippen LogP contribution in [0.1, 0.15) is 35.8 Å². The number of aromatic amines is 1. The summed E-state index contributed by atoms with van der Waals surface area (Å²) < 4.78 is 27.1. The van der Waals surface area contributed by atoms with Crippen molar-refractivity contribution in [2.24, 2.45) is 0 Å². The molecule has 0 aliphatic rings. The van der Waals surface area contributed by atoms with Crippen molar-refractivity contribution in [2.45, 2.75) is 26.7 Å². The molecule has 0 radical (unpaired) electrons. The van der Waals surface area contributed by atoms with Crippen LogP contribution in [0, 0.1) is 6.92 Å². The van der Waals surface area contributed by atoms with Gasteiger partial charge in [-0.05, 0) is 48.6 Å². The van der Waals surface area contributed by atoms with Gasteiger partial charge in [0.15, 0.2) is 0 Å². The highest BCUT2D eigenvalue weighted by Gasteiger charge is 2.17. The van der Waals surface area contributed by atoms with Crippen LogP contribution in [0.5, 0.6) is 0 Å². The molecule has 3 aromatic carbocycles. The van der Waals surface area contributed by atoms with Crippen molar-refractivity contribution in [1.82, 2.24) is 4.98 Å². The van der Waals surface area contributed by atoms with Gasteiger partial charge < -0.3 is 10.3 Å². The van der Waals surface area contributed by atoms with Crippen molar-refractivity contribution in [3.8, 4) is 0 Å². The van der Waals surface area contributed by atoms with E-state index >= 15 is 0 Å². The number of carbonyl (C=O) groups is 1. The summed E-state index contributed by atoms with van der Waals surface area (Å²) in [5.41, 5.74) is 3.23. The largest absolute Gasteiger partial charge is 0.350 e. The van der Waals surface area contributed by atoms with E-state index < -0.39 is 10.0 Å². The zero-order chi connectivity index (χ0) is 22.0. The Morgan fingerprint density at radius 3 is 2.58 bits per heavy atom. The van der Waals surface area contributed by atoms with Crippen molar-refractivity contribution < 1.29 is 13.2 Å². The van der Waals surface area contributed by atoms with Crippen LogP contribution < -0.4 is 10.0 Å². The molecule has 31 heavy (non-hydrogen) atoms. The Labute approximate surface area is 181 Å². The lowest BCUT2D eigenvalue weighted by molar-refractivity contribution is 0.102. The number of unbranched alkanes of at least 4 members (excludes halogenated alkanes) is 1. The number of rotatable bonds is 7. The molecule has 1 aromatic heterocycles. The molecule has 4 aromatic rings. The molecule has 0 aliphatic heterocycles. The average Bonchev–Trinajstić information content (AvgIpc) is 3.08. The van der Waals surface area contributed by atoms with Crippen molar-refractivity contribution in [2.75, 3.05) is 15.8 Å². The number of hydrogen-bond acceptors (Lipinski definition) is 3. The summed E-state index contributed by atoms with van der Waals surface area (Å²) in [6.45, 7) is 3.81. The molecule has 0 aliphatic carbocycles.